The molecule has 168 valence electrons. The summed E-state index contributed by atoms with van der Waals surface area (Å²) in [5, 5.41) is 18.9. The van der Waals surface area contributed by atoms with Crippen molar-refractivity contribution in [3.63, 3.8) is 0 Å². The number of amides is 1. The highest BCUT2D eigenvalue weighted by Gasteiger charge is 2.30. The van der Waals surface area contributed by atoms with Gasteiger partial charge in [-0.15, -0.1) is 21.5 Å². The van der Waals surface area contributed by atoms with Crippen LogP contribution in [0, 0.1) is 0 Å². The van der Waals surface area contributed by atoms with E-state index in [0.717, 1.165) is 11.1 Å². The first-order valence-corrected chi connectivity index (χ1v) is 12.6. The molecule has 0 saturated carbocycles. The van der Waals surface area contributed by atoms with Gasteiger partial charge in [-0.1, -0.05) is 41.6 Å². The van der Waals surface area contributed by atoms with Crippen molar-refractivity contribution < 1.29 is 13.2 Å². The number of rotatable bonds is 6. The molecule has 33 heavy (non-hydrogen) atoms. The molecule has 11 heteroatoms. The van der Waals surface area contributed by atoms with Gasteiger partial charge in [-0.3, -0.25) is 4.79 Å². The summed E-state index contributed by atoms with van der Waals surface area (Å²) in [5.41, 5.74) is 2.04. The van der Waals surface area contributed by atoms with Crippen molar-refractivity contribution in [2.75, 3.05) is 6.54 Å². The Morgan fingerprint density at radius 1 is 1.12 bits per heavy atom. The van der Waals surface area contributed by atoms with Crippen molar-refractivity contribution in [2.24, 2.45) is 0 Å². The van der Waals surface area contributed by atoms with Gasteiger partial charge in [-0.05, 0) is 47.2 Å². The molecule has 0 radical (unpaired) electrons. The van der Waals surface area contributed by atoms with Crippen molar-refractivity contribution in [3.05, 3.63) is 93.4 Å². The lowest BCUT2D eigenvalue weighted by Gasteiger charge is -2.26. The lowest BCUT2D eigenvalue weighted by molar-refractivity contribution is 0.0941. The van der Waals surface area contributed by atoms with Crippen LogP contribution < -0.4 is 5.32 Å². The minimum atomic E-state index is -3.74. The first kappa shape index (κ1) is 21.4. The molecule has 1 aliphatic heterocycles. The predicted octanol–water partition coefficient (Wildman–Crippen LogP) is 2.53. The van der Waals surface area contributed by atoms with Crippen molar-refractivity contribution in [2.45, 2.75) is 23.9 Å². The molecule has 2 aromatic carbocycles. The fourth-order valence-corrected chi connectivity index (χ4v) is 6.18. The highest BCUT2D eigenvalue weighted by Crippen LogP contribution is 2.28. The average Bonchev–Trinajstić information content (AvgIpc) is 3.55. The summed E-state index contributed by atoms with van der Waals surface area (Å²) in [6.07, 6.45) is 0.690. The van der Waals surface area contributed by atoms with Crippen LogP contribution in [0.5, 0.6) is 0 Å². The Balaban J connectivity index is 1.40. The van der Waals surface area contributed by atoms with Gasteiger partial charge in [0.1, 0.15) is 6.04 Å². The van der Waals surface area contributed by atoms with Crippen LogP contribution >= 0.6 is 11.3 Å². The number of thiophene rings is 1. The molecule has 5 rings (SSSR count). The zero-order chi connectivity index (χ0) is 22.8. The first-order chi connectivity index (χ1) is 16.0. The smallest absolute Gasteiger partial charge is 0.252 e. The SMILES string of the molecule is O=C(N[C@H](c1ccccc1)c1nn[nH]n1)c1cccc(S(=O)(=O)N2CCc3sccc3C2)c1. The number of aromatic nitrogens is 4. The summed E-state index contributed by atoms with van der Waals surface area (Å²) < 4.78 is 28.0. The Morgan fingerprint density at radius 2 is 1.97 bits per heavy atom. The first-order valence-electron chi connectivity index (χ1n) is 10.3. The predicted molar refractivity (Wildman–Crippen MR) is 122 cm³/mol. The number of tetrazole rings is 1. The van der Waals surface area contributed by atoms with Gasteiger partial charge >= 0.3 is 0 Å². The molecule has 2 N–H and O–H groups in total. The lowest BCUT2D eigenvalue weighted by atomic mass is 10.1. The molecular formula is C22H20N6O3S2. The third-order valence-corrected chi connectivity index (χ3v) is 8.40. The number of fused-ring (bicyclic) bond motifs is 1. The van der Waals surface area contributed by atoms with Crippen LogP contribution in [0.15, 0.2) is 70.9 Å². The van der Waals surface area contributed by atoms with Crippen LogP contribution in [0.25, 0.3) is 0 Å². The highest BCUT2D eigenvalue weighted by atomic mass is 32.2. The molecule has 0 unspecified atom stereocenters. The number of hydrogen-bond donors (Lipinski definition) is 2. The molecular weight excluding hydrogens is 460 g/mol. The Kier molecular flexibility index (Phi) is 5.75. The fraction of sp³-hybridized carbons (Fsp3) is 0.182. The van der Waals surface area contributed by atoms with Crippen LogP contribution in [-0.2, 0) is 23.0 Å². The number of nitrogens with zero attached hydrogens (tertiary/aromatic N) is 4. The minimum absolute atomic E-state index is 0.0876. The lowest BCUT2D eigenvalue weighted by Crippen LogP contribution is -2.35. The van der Waals surface area contributed by atoms with E-state index in [1.165, 1.54) is 21.3 Å². The molecule has 3 heterocycles. The molecule has 0 bridgehead atoms. The molecule has 2 aromatic heterocycles. The second-order valence-corrected chi connectivity index (χ2v) is 10.5. The molecule has 0 saturated heterocycles. The number of carbonyl (C=O) groups excluding carboxylic acids is 1. The number of carbonyl (C=O) groups is 1. The summed E-state index contributed by atoms with van der Waals surface area (Å²) in [4.78, 5) is 14.4. The van der Waals surface area contributed by atoms with Gasteiger partial charge in [-0.2, -0.15) is 9.52 Å². The zero-order valence-corrected chi connectivity index (χ0v) is 19.0. The van der Waals surface area contributed by atoms with E-state index < -0.39 is 22.0 Å². The number of aromatic amines is 1. The number of nitrogens with one attached hydrogen (secondary N) is 2. The van der Waals surface area contributed by atoms with Gasteiger partial charge < -0.3 is 5.32 Å². The number of H-pyrrole nitrogens is 1. The average molecular weight is 481 g/mol. The Hall–Kier alpha value is -3.41. The van der Waals surface area contributed by atoms with E-state index in [9.17, 15) is 13.2 Å². The summed E-state index contributed by atoms with van der Waals surface area (Å²) in [7, 11) is -3.74. The van der Waals surface area contributed by atoms with Crippen molar-refractivity contribution >= 4 is 27.3 Å². The van der Waals surface area contributed by atoms with E-state index in [1.807, 2.05) is 41.8 Å². The topological polar surface area (TPSA) is 121 Å². The quantitative estimate of drug-likeness (QED) is 0.437. The molecule has 0 aliphatic carbocycles. The van der Waals surface area contributed by atoms with E-state index in [0.29, 0.717) is 25.3 Å². The molecule has 0 spiro atoms. The Bertz CT molecular complexity index is 1370. The summed E-state index contributed by atoms with van der Waals surface area (Å²) >= 11 is 1.65. The van der Waals surface area contributed by atoms with Gasteiger partial charge in [0, 0.05) is 23.5 Å². The minimum Gasteiger partial charge on any atom is -0.338 e. The monoisotopic (exact) mass is 480 g/mol. The van der Waals surface area contributed by atoms with E-state index in [-0.39, 0.29) is 10.5 Å². The Morgan fingerprint density at radius 3 is 2.76 bits per heavy atom. The number of sulfonamides is 1. The zero-order valence-electron chi connectivity index (χ0n) is 17.4. The van der Waals surface area contributed by atoms with Crippen LogP contribution in [0.1, 0.15) is 38.2 Å². The van der Waals surface area contributed by atoms with Crippen LogP contribution in [0.2, 0.25) is 0 Å². The van der Waals surface area contributed by atoms with E-state index in [1.54, 1.807) is 23.5 Å². The van der Waals surface area contributed by atoms with E-state index in [2.05, 4.69) is 25.9 Å². The maximum Gasteiger partial charge on any atom is 0.252 e. The van der Waals surface area contributed by atoms with Crippen molar-refractivity contribution in [3.8, 4) is 0 Å². The van der Waals surface area contributed by atoms with Crippen LogP contribution in [-0.4, -0.2) is 45.8 Å². The standard InChI is InChI=1S/C22H20N6O3S2/c29-22(23-20(21-24-26-27-25-21)15-5-2-1-3-6-15)16-7-4-8-18(13-16)33(30,31)28-11-9-19-17(14-28)10-12-32-19/h1-8,10,12-13,20H,9,11,14H2,(H,23,29)(H,24,25,26,27)/t20-/m1/s1. The van der Waals surface area contributed by atoms with Gasteiger partial charge in [0.2, 0.25) is 15.8 Å². The van der Waals surface area contributed by atoms with Crippen LogP contribution in [0.4, 0.5) is 0 Å². The molecule has 9 nitrogen and oxygen atoms in total. The normalized spacial score (nSPS) is 15.0. The maximum atomic E-state index is 13.3. The third kappa shape index (κ3) is 4.30. The second kappa shape index (κ2) is 8.85. The van der Waals surface area contributed by atoms with Crippen molar-refractivity contribution in [1.82, 2.24) is 30.2 Å². The third-order valence-electron chi connectivity index (χ3n) is 5.53. The number of benzene rings is 2. The molecule has 4 aromatic rings. The summed E-state index contributed by atoms with van der Waals surface area (Å²) in [5.74, 6) is -0.136. The summed E-state index contributed by atoms with van der Waals surface area (Å²) in [6, 6.07) is 16.7. The molecule has 0 fully saturated rings. The highest BCUT2D eigenvalue weighted by molar-refractivity contribution is 7.89. The van der Waals surface area contributed by atoms with Gasteiger partial charge in [0.25, 0.3) is 5.91 Å². The molecule has 1 aliphatic rings. The number of hydrogen-bond acceptors (Lipinski definition) is 7. The van der Waals surface area contributed by atoms with Gasteiger partial charge in [0.15, 0.2) is 0 Å². The maximum absolute atomic E-state index is 13.3. The molecule has 1 amide bonds. The Labute approximate surface area is 194 Å². The van der Waals surface area contributed by atoms with Crippen molar-refractivity contribution in [1.29, 1.82) is 0 Å². The van der Waals surface area contributed by atoms with Gasteiger partial charge in [-0.25, -0.2) is 8.42 Å². The fourth-order valence-electron chi connectivity index (χ4n) is 3.82. The van der Waals surface area contributed by atoms with Crippen LogP contribution in [0.3, 0.4) is 0 Å². The molecule has 1 atom stereocenters. The van der Waals surface area contributed by atoms with E-state index >= 15 is 0 Å². The largest absolute Gasteiger partial charge is 0.338 e. The second-order valence-electron chi connectivity index (χ2n) is 7.57. The van der Waals surface area contributed by atoms with Gasteiger partial charge in [0.05, 0.1) is 4.90 Å². The van der Waals surface area contributed by atoms with E-state index in [4.69, 9.17) is 0 Å². The summed E-state index contributed by atoms with van der Waals surface area (Å²) in [6.45, 7) is 0.756.